The van der Waals surface area contributed by atoms with Crippen LogP contribution in [-0.4, -0.2) is 117 Å². The van der Waals surface area contributed by atoms with Crippen LogP contribution in [0, 0.1) is 0 Å². The Kier molecular flexibility index (Phi) is 30.2. The summed E-state index contributed by atoms with van der Waals surface area (Å²) in [6.45, 7) is 2.60. The van der Waals surface area contributed by atoms with Crippen molar-refractivity contribution in [3.8, 4) is 0 Å². The largest absolute Gasteiger partial charge is 0.463 e. The summed E-state index contributed by atoms with van der Waals surface area (Å²) in [7, 11) is 0. The van der Waals surface area contributed by atoms with Gasteiger partial charge in [0.15, 0.2) is 6.29 Å². The lowest BCUT2D eigenvalue weighted by Gasteiger charge is -2.43. The molecule has 0 unspecified atom stereocenters. The maximum absolute atomic E-state index is 12.7. The first-order valence-electron chi connectivity index (χ1n) is 23.9. The van der Waals surface area contributed by atoms with E-state index in [9.17, 15) is 40.2 Å². The van der Waals surface area contributed by atoms with E-state index in [1.54, 1.807) is 0 Å². The molecule has 13 nitrogen and oxygen atoms in total. The van der Waals surface area contributed by atoms with Crippen LogP contribution in [0.3, 0.4) is 0 Å². The lowest BCUT2D eigenvalue weighted by Crippen LogP contribution is -2.63. The van der Waals surface area contributed by atoms with E-state index < -0.39 is 86.6 Å². The molecular formula is C46H86O13. The highest BCUT2D eigenvalue weighted by atomic mass is 16.8. The van der Waals surface area contributed by atoms with Gasteiger partial charge in [-0.3, -0.25) is 9.59 Å². The predicted molar refractivity (Wildman–Crippen MR) is 226 cm³/mol. The van der Waals surface area contributed by atoms with Crippen LogP contribution in [0.4, 0.5) is 0 Å². The quantitative estimate of drug-likeness (QED) is 0.0266. The predicted octanol–water partition coefficient (Wildman–Crippen LogP) is 7.45. The van der Waals surface area contributed by atoms with Gasteiger partial charge in [-0.1, -0.05) is 181 Å². The number of hydrogen-bond acceptors (Lipinski definition) is 13. The lowest BCUT2D eigenvalue weighted by atomic mass is 9.99. The second-order valence-electron chi connectivity index (χ2n) is 17.3. The highest BCUT2D eigenvalue weighted by molar-refractivity contribution is 5.69. The van der Waals surface area contributed by atoms with Gasteiger partial charge in [0, 0.05) is 12.8 Å². The summed E-state index contributed by atoms with van der Waals surface area (Å²) in [4.78, 5) is 25.3. The van der Waals surface area contributed by atoms with Crippen LogP contribution < -0.4 is 0 Å². The third kappa shape index (κ3) is 22.0. The minimum absolute atomic E-state index is 0.107. The Bertz CT molecular complexity index is 1050. The Morgan fingerprint density at radius 1 is 0.492 bits per heavy atom. The maximum Gasteiger partial charge on any atom is 0.305 e. The van der Waals surface area contributed by atoms with Gasteiger partial charge in [0.25, 0.3) is 0 Å². The Morgan fingerprint density at radius 2 is 0.881 bits per heavy atom. The highest BCUT2D eigenvalue weighted by Gasteiger charge is 2.59. The molecule has 2 rings (SSSR count). The molecular weight excluding hydrogens is 760 g/mol. The number of rotatable bonds is 37. The average Bonchev–Trinajstić information content (AvgIpc) is 3.47. The van der Waals surface area contributed by atoms with Crippen molar-refractivity contribution in [2.24, 2.45) is 0 Å². The molecule has 0 radical (unpaired) electrons. The zero-order valence-corrected chi connectivity index (χ0v) is 37.0. The van der Waals surface area contributed by atoms with Crippen molar-refractivity contribution in [2.75, 3.05) is 19.8 Å². The molecule has 348 valence electrons. The average molecular weight is 847 g/mol. The van der Waals surface area contributed by atoms with Crippen molar-refractivity contribution in [2.45, 2.75) is 261 Å². The topological polar surface area (TPSA) is 202 Å². The van der Waals surface area contributed by atoms with Crippen LogP contribution >= 0.6 is 0 Å². The number of unbranched alkanes of at least 4 members (excludes halogenated alkanes) is 26. The van der Waals surface area contributed by atoms with Crippen molar-refractivity contribution in [3.63, 3.8) is 0 Å². The van der Waals surface area contributed by atoms with Gasteiger partial charge in [0.1, 0.15) is 55.9 Å². The first-order valence-corrected chi connectivity index (χ1v) is 23.9. The summed E-state index contributed by atoms with van der Waals surface area (Å²) in [5.41, 5.74) is 0. The molecule has 0 saturated carbocycles. The van der Waals surface area contributed by atoms with Gasteiger partial charge in [-0.2, -0.15) is 0 Å². The third-order valence-electron chi connectivity index (χ3n) is 12.0. The number of aliphatic hydroxyl groups is 6. The van der Waals surface area contributed by atoms with Gasteiger partial charge in [0.2, 0.25) is 5.79 Å². The molecule has 13 heteroatoms. The minimum Gasteiger partial charge on any atom is -0.463 e. The Hall–Kier alpha value is -1.42. The second-order valence-corrected chi connectivity index (χ2v) is 17.3. The smallest absolute Gasteiger partial charge is 0.305 e. The molecule has 0 aromatic rings. The van der Waals surface area contributed by atoms with Crippen LogP contribution in [0.2, 0.25) is 0 Å². The summed E-state index contributed by atoms with van der Waals surface area (Å²) in [5, 5.41) is 63.5. The molecule has 2 heterocycles. The molecule has 2 aliphatic heterocycles. The van der Waals surface area contributed by atoms with Gasteiger partial charge in [-0.25, -0.2) is 0 Å². The van der Waals surface area contributed by atoms with Crippen LogP contribution in [0.1, 0.15) is 206 Å². The zero-order chi connectivity index (χ0) is 43.1. The Balaban J connectivity index is 1.72. The summed E-state index contributed by atoms with van der Waals surface area (Å²) >= 11 is 0. The summed E-state index contributed by atoms with van der Waals surface area (Å²) in [6, 6.07) is 0. The van der Waals surface area contributed by atoms with E-state index >= 15 is 0 Å². The highest BCUT2D eigenvalue weighted by Crippen LogP contribution is 2.37. The lowest BCUT2D eigenvalue weighted by molar-refractivity contribution is -0.383. The molecule has 2 saturated heterocycles. The van der Waals surface area contributed by atoms with Crippen molar-refractivity contribution >= 4 is 11.9 Å². The molecule has 2 aliphatic rings. The molecule has 59 heavy (non-hydrogen) atoms. The Morgan fingerprint density at radius 3 is 1.27 bits per heavy atom. The van der Waals surface area contributed by atoms with Crippen molar-refractivity contribution < 1.29 is 63.9 Å². The zero-order valence-electron chi connectivity index (χ0n) is 37.0. The summed E-state index contributed by atoms with van der Waals surface area (Å²) in [6.07, 6.45) is 20.3. The van der Waals surface area contributed by atoms with Crippen LogP contribution in [0.5, 0.6) is 0 Å². The minimum atomic E-state index is -2.29. The van der Waals surface area contributed by atoms with E-state index in [4.69, 9.17) is 23.7 Å². The molecule has 2 fully saturated rings. The maximum atomic E-state index is 12.7. The van der Waals surface area contributed by atoms with Crippen LogP contribution in [0.15, 0.2) is 0 Å². The molecule has 0 amide bonds. The summed E-state index contributed by atoms with van der Waals surface area (Å²) in [5.74, 6) is -3.38. The Labute approximate surface area is 356 Å². The standard InChI is InChI=1S/C46H86O13/c1-3-5-7-9-11-13-15-17-18-20-22-23-25-27-29-31-38(48)55-34-37-40(50)42(52)43(53)45(57-37)59-46(44(54)41(51)36(33-47)58-46)35-56-39(49)32-30-28-26-24-21-19-16-14-12-10-8-6-4-2/h36-37,40-45,47,50-54H,3-35H2,1-2H3/t36-,37-,40-,41-,42+,43-,44+,45-,46+/m1/s1. The van der Waals surface area contributed by atoms with Gasteiger partial charge >= 0.3 is 11.9 Å². The number of carbonyl (C=O) groups is 2. The third-order valence-corrected chi connectivity index (χ3v) is 12.0. The fourth-order valence-corrected chi connectivity index (χ4v) is 8.03. The fraction of sp³-hybridized carbons (Fsp3) is 0.957. The SMILES string of the molecule is CCCCCCCCCCCCCCCCCC(=O)OC[C@H]1O[C@H](O[C@]2(COC(=O)CCCCCCCCCCCCCCC)O[C@H](CO)[C@@H](O)[C@@H]2O)[C@H](O)[C@@H](O)[C@@H]1O. The van der Waals surface area contributed by atoms with E-state index in [2.05, 4.69) is 13.8 Å². The monoisotopic (exact) mass is 847 g/mol. The van der Waals surface area contributed by atoms with Gasteiger partial charge in [-0.05, 0) is 12.8 Å². The van der Waals surface area contributed by atoms with Gasteiger partial charge in [-0.15, -0.1) is 0 Å². The van der Waals surface area contributed by atoms with Gasteiger partial charge < -0.3 is 54.3 Å². The molecule has 9 atom stereocenters. The van der Waals surface area contributed by atoms with Gasteiger partial charge in [0.05, 0.1) is 6.61 Å². The molecule has 6 N–H and O–H groups in total. The molecule has 0 bridgehead atoms. The molecule has 0 aromatic heterocycles. The van der Waals surface area contributed by atoms with Crippen molar-refractivity contribution in [1.82, 2.24) is 0 Å². The van der Waals surface area contributed by atoms with Crippen LogP contribution in [-0.2, 0) is 33.3 Å². The number of aliphatic hydroxyl groups excluding tert-OH is 6. The number of ether oxygens (including phenoxy) is 5. The summed E-state index contributed by atoms with van der Waals surface area (Å²) < 4.78 is 28.0. The van der Waals surface area contributed by atoms with E-state index in [1.807, 2.05) is 0 Å². The first-order chi connectivity index (χ1) is 28.6. The van der Waals surface area contributed by atoms with Crippen molar-refractivity contribution in [3.05, 3.63) is 0 Å². The van der Waals surface area contributed by atoms with E-state index in [1.165, 1.54) is 128 Å². The van der Waals surface area contributed by atoms with Crippen molar-refractivity contribution in [1.29, 1.82) is 0 Å². The number of esters is 2. The molecule has 0 aromatic carbocycles. The second kappa shape index (κ2) is 33.2. The molecule has 0 spiro atoms. The van der Waals surface area contributed by atoms with E-state index in [-0.39, 0.29) is 12.8 Å². The number of carbonyl (C=O) groups excluding carboxylic acids is 2. The fourth-order valence-electron chi connectivity index (χ4n) is 8.03. The first kappa shape index (κ1) is 53.7. The van der Waals surface area contributed by atoms with E-state index in [0.717, 1.165) is 38.5 Å². The normalized spacial score (nSPS) is 27.0. The van der Waals surface area contributed by atoms with Crippen LogP contribution in [0.25, 0.3) is 0 Å². The van der Waals surface area contributed by atoms with E-state index in [0.29, 0.717) is 12.8 Å². The number of hydrogen-bond donors (Lipinski definition) is 6. The molecule has 0 aliphatic carbocycles.